The number of nitrogens with one attached hydrogen (secondary N) is 1. The standard InChI is InChI=1S/C20H22N6O2/c1-13-18-12-17(28-3)8-7-14(18)9-10-26(13)20(27)21-16-6-4-5-15(11-16)19-22-24-25(2)23-19/h4-8,11-13H,9-10H2,1-3H3,(H,21,27). The van der Waals surface area contributed by atoms with Crippen LogP contribution in [0.4, 0.5) is 10.5 Å². The molecule has 0 bridgehead atoms. The number of methoxy groups -OCH3 is 1. The van der Waals surface area contributed by atoms with E-state index in [-0.39, 0.29) is 12.1 Å². The van der Waals surface area contributed by atoms with Gasteiger partial charge < -0.3 is 15.0 Å². The molecule has 4 rings (SSSR count). The average Bonchev–Trinajstić information content (AvgIpc) is 3.14. The molecule has 3 aromatic rings. The number of hydrogen-bond donors (Lipinski definition) is 1. The Labute approximate surface area is 163 Å². The van der Waals surface area contributed by atoms with Crippen LogP contribution in [0.15, 0.2) is 42.5 Å². The molecule has 1 atom stereocenters. The minimum atomic E-state index is -0.134. The first-order valence-electron chi connectivity index (χ1n) is 9.14. The summed E-state index contributed by atoms with van der Waals surface area (Å²) in [5, 5.41) is 15.1. The van der Waals surface area contributed by atoms with E-state index in [1.807, 2.05) is 48.2 Å². The molecule has 28 heavy (non-hydrogen) atoms. The zero-order valence-electron chi connectivity index (χ0n) is 16.1. The number of ether oxygens (including phenoxy) is 1. The van der Waals surface area contributed by atoms with Gasteiger partial charge in [-0.25, -0.2) is 4.79 Å². The van der Waals surface area contributed by atoms with Crippen LogP contribution in [0.3, 0.4) is 0 Å². The Morgan fingerprint density at radius 2 is 2.11 bits per heavy atom. The summed E-state index contributed by atoms with van der Waals surface area (Å²) < 4.78 is 5.34. The van der Waals surface area contributed by atoms with Crippen molar-refractivity contribution in [1.29, 1.82) is 0 Å². The molecule has 2 heterocycles. The summed E-state index contributed by atoms with van der Waals surface area (Å²) in [4.78, 5) is 16.2. The lowest BCUT2D eigenvalue weighted by molar-refractivity contribution is 0.188. The van der Waals surface area contributed by atoms with E-state index in [1.165, 1.54) is 10.4 Å². The quantitative estimate of drug-likeness (QED) is 0.757. The van der Waals surface area contributed by atoms with Crippen LogP contribution in [-0.4, -0.2) is 44.8 Å². The number of rotatable bonds is 3. The monoisotopic (exact) mass is 378 g/mol. The predicted molar refractivity (Wildman–Crippen MR) is 105 cm³/mol. The Morgan fingerprint density at radius 1 is 1.25 bits per heavy atom. The number of fused-ring (bicyclic) bond motifs is 1. The zero-order chi connectivity index (χ0) is 19.7. The SMILES string of the molecule is COc1ccc2c(c1)C(C)N(C(=O)Nc1cccc(-c3nnn(C)n3)c1)CC2. The van der Waals surface area contributed by atoms with Crippen molar-refractivity contribution in [1.82, 2.24) is 25.1 Å². The number of carbonyl (C=O) groups excluding carboxylic acids is 1. The Morgan fingerprint density at radius 3 is 2.86 bits per heavy atom. The van der Waals surface area contributed by atoms with Crippen molar-refractivity contribution in [3.05, 3.63) is 53.6 Å². The highest BCUT2D eigenvalue weighted by Gasteiger charge is 2.28. The van der Waals surface area contributed by atoms with E-state index in [9.17, 15) is 4.79 Å². The lowest BCUT2D eigenvalue weighted by Crippen LogP contribution is -2.41. The highest BCUT2D eigenvalue weighted by atomic mass is 16.5. The van der Waals surface area contributed by atoms with Gasteiger partial charge in [0.25, 0.3) is 0 Å². The minimum absolute atomic E-state index is 0.0383. The van der Waals surface area contributed by atoms with Crippen LogP contribution in [0.1, 0.15) is 24.1 Å². The second-order valence-electron chi connectivity index (χ2n) is 6.80. The van der Waals surface area contributed by atoms with Gasteiger partial charge in [0, 0.05) is 17.8 Å². The van der Waals surface area contributed by atoms with E-state index >= 15 is 0 Å². The minimum Gasteiger partial charge on any atom is -0.497 e. The molecule has 0 saturated carbocycles. The number of anilines is 1. The maximum absolute atomic E-state index is 12.9. The number of amides is 2. The lowest BCUT2D eigenvalue weighted by atomic mass is 9.93. The molecule has 1 aliphatic heterocycles. The van der Waals surface area contributed by atoms with Crippen molar-refractivity contribution in [2.75, 3.05) is 19.0 Å². The highest BCUT2D eigenvalue weighted by Crippen LogP contribution is 2.32. The van der Waals surface area contributed by atoms with Crippen molar-refractivity contribution < 1.29 is 9.53 Å². The Bertz CT molecular complexity index is 1020. The van der Waals surface area contributed by atoms with Crippen molar-refractivity contribution in [3.63, 3.8) is 0 Å². The van der Waals surface area contributed by atoms with Crippen LogP contribution in [0.25, 0.3) is 11.4 Å². The number of nitrogens with zero attached hydrogens (tertiary/aromatic N) is 5. The van der Waals surface area contributed by atoms with Gasteiger partial charge in [0.2, 0.25) is 5.82 Å². The lowest BCUT2D eigenvalue weighted by Gasteiger charge is -2.35. The largest absolute Gasteiger partial charge is 0.497 e. The van der Waals surface area contributed by atoms with Gasteiger partial charge in [0.05, 0.1) is 20.2 Å². The van der Waals surface area contributed by atoms with Gasteiger partial charge in [0.15, 0.2) is 0 Å². The summed E-state index contributed by atoms with van der Waals surface area (Å²) in [6.45, 7) is 2.70. The maximum atomic E-state index is 12.9. The molecule has 144 valence electrons. The first kappa shape index (κ1) is 18.0. The number of aromatic nitrogens is 4. The van der Waals surface area contributed by atoms with Crippen LogP contribution in [0, 0.1) is 0 Å². The van der Waals surface area contributed by atoms with E-state index < -0.39 is 0 Å². The fourth-order valence-electron chi connectivity index (χ4n) is 3.53. The van der Waals surface area contributed by atoms with Gasteiger partial charge in [-0.1, -0.05) is 18.2 Å². The van der Waals surface area contributed by atoms with E-state index in [0.717, 1.165) is 23.3 Å². The molecule has 2 aromatic carbocycles. The molecule has 1 N–H and O–H groups in total. The third-order valence-electron chi connectivity index (χ3n) is 5.03. The molecule has 0 saturated heterocycles. The maximum Gasteiger partial charge on any atom is 0.322 e. The highest BCUT2D eigenvalue weighted by molar-refractivity contribution is 5.90. The van der Waals surface area contributed by atoms with Gasteiger partial charge >= 0.3 is 6.03 Å². The molecule has 1 unspecified atom stereocenters. The Kier molecular flexibility index (Phi) is 4.68. The fourth-order valence-corrected chi connectivity index (χ4v) is 3.53. The van der Waals surface area contributed by atoms with Crippen molar-refractivity contribution >= 4 is 11.7 Å². The number of hydrogen-bond acceptors (Lipinski definition) is 5. The molecule has 1 aliphatic rings. The molecule has 8 nitrogen and oxygen atoms in total. The van der Waals surface area contributed by atoms with Crippen molar-refractivity contribution in [2.45, 2.75) is 19.4 Å². The summed E-state index contributed by atoms with van der Waals surface area (Å²) in [7, 11) is 3.37. The average molecular weight is 378 g/mol. The van der Waals surface area contributed by atoms with E-state index in [4.69, 9.17) is 4.74 Å². The summed E-state index contributed by atoms with van der Waals surface area (Å²) in [6.07, 6.45) is 0.820. The van der Waals surface area contributed by atoms with Gasteiger partial charge in [-0.3, -0.25) is 0 Å². The van der Waals surface area contributed by atoms with Crippen molar-refractivity contribution in [2.24, 2.45) is 7.05 Å². The molecular weight excluding hydrogens is 356 g/mol. The molecule has 1 aromatic heterocycles. The Balaban J connectivity index is 1.52. The first-order valence-corrected chi connectivity index (χ1v) is 9.14. The summed E-state index contributed by atoms with van der Waals surface area (Å²) in [6, 6.07) is 13.3. The molecular formula is C20H22N6O2. The van der Waals surface area contributed by atoms with E-state index in [2.05, 4.69) is 26.8 Å². The predicted octanol–water partition coefficient (Wildman–Crippen LogP) is 3.04. The molecule has 0 fully saturated rings. The Hall–Kier alpha value is -3.42. The number of urea groups is 1. The van der Waals surface area contributed by atoms with Crippen LogP contribution >= 0.6 is 0 Å². The second-order valence-corrected chi connectivity index (χ2v) is 6.80. The van der Waals surface area contributed by atoms with Gasteiger partial charge in [0.1, 0.15) is 5.75 Å². The topological polar surface area (TPSA) is 85.2 Å². The van der Waals surface area contributed by atoms with Crippen molar-refractivity contribution in [3.8, 4) is 17.1 Å². The zero-order valence-corrected chi connectivity index (χ0v) is 16.1. The molecule has 0 radical (unpaired) electrons. The van der Waals surface area contributed by atoms with Crippen LogP contribution < -0.4 is 10.1 Å². The molecule has 8 heteroatoms. The van der Waals surface area contributed by atoms with Gasteiger partial charge in [-0.2, -0.15) is 4.80 Å². The van der Waals surface area contributed by atoms with Crippen LogP contribution in [0.2, 0.25) is 0 Å². The summed E-state index contributed by atoms with van der Waals surface area (Å²) in [5.41, 5.74) is 3.87. The molecule has 0 aliphatic carbocycles. The molecule has 2 amide bonds. The van der Waals surface area contributed by atoms with Gasteiger partial charge in [-0.15, -0.1) is 10.2 Å². The third-order valence-corrected chi connectivity index (χ3v) is 5.03. The third kappa shape index (κ3) is 3.40. The normalized spacial score (nSPS) is 15.8. The first-order chi connectivity index (χ1) is 13.5. The van der Waals surface area contributed by atoms with Crippen LogP contribution in [-0.2, 0) is 13.5 Å². The van der Waals surface area contributed by atoms with Gasteiger partial charge in [-0.05, 0) is 54.0 Å². The molecule has 0 spiro atoms. The van der Waals surface area contributed by atoms with E-state index in [0.29, 0.717) is 18.1 Å². The summed E-state index contributed by atoms with van der Waals surface area (Å²) >= 11 is 0. The second kappa shape index (κ2) is 7.30. The summed E-state index contributed by atoms with van der Waals surface area (Å²) in [5.74, 6) is 1.32. The number of carbonyl (C=O) groups is 1. The fraction of sp³-hybridized carbons (Fsp3) is 0.300. The van der Waals surface area contributed by atoms with E-state index in [1.54, 1.807) is 14.2 Å². The number of benzene rings is 2. The number of tetrazole rings is 1. The number of aryl methyl sites for hydroxylation is 1. The smallest absolute Gasteiger partial charge is 0.322 e. The van der Waals surface area contributed by atoms with Crippen LogP contribution in [0.5, 0.6) is 5.75 Å².